The molecule has 4 nitrogen and oxygen atoms in total. The lowest BCUT2D eigenvalue weighted by Gasteiger charge is -2.32. The Morgan fingerprint density at radius 3 is 2.62 bits per heavy atom. The number of likely N-dealkylation sites (N-methyl/N-ethyl adjacent to an activating group) is 1. The summed E-state index contributed by atoms with van der Waals surface area (Å²) in [7, 11) is 3.37. The van der Waals surface area contributed by atoms with Crippen molar-refractivity contribution in [3.63, 3.8) is 0 Å². The van der Waals surface area contributed by atoms with Crippen LogP contribution in [0.5, 0.6) is 0 Å². The summed E-state index contributed by atoms with van der Waals surface area (Å²) in [5.74, 6) is -0.343. The molecule has 0 aromatic rings. The number of hydrogen-bond donors (Lipinski definition) is 1. The fourth-order valence-corrected chi connectivity index (χ4v) is 2.34. The first-order valence-corrected chi connectivity index (χ1v) is 6.08. The minimum Gasteiger partial charge on any atom is -0.469 e. The van der Waals surface area contributed by atoms with E-state index in [1.165, 1.54) is 39.2 Å². The minimum absolute atomic E-state index is 0.0908. The van der Waals surface area contributed by atoms with Gasteiger partial charge in [0.2, 0.25) is 0 Å². The summed E-state index contributed by atoms with van der Waals surface area (Å²) in [5, 5.41) is 9.71. The van der Waals surface area contributed by atoms with E-state index < -0.39 is 6.10 Å². The minimum atomic E-state index is -0.612. The second-order valence-corrected chi connectivity index (χ2v) is 4.67. The lowest BCUT2D eigenvalue weighted by molar-refractivity contribution is -0.143. The first kappa shape index (κ1) is 13.5. The topological polar surface area (TPSA) is 49.8 Å². The van der Waals surface area contributed by atoms with Crippen LogP contribution in [0.15, 0.2) is 0 Å². The molecule has 4 heteroatoms. The Balaban J connectivity index is 2.26. The zero-order valence-electron chi connectivity index (χ0n) is 10.3. The van der Waals surface area contributed by atoms with Crippen LogP contribution in [0.1, 0.15) is 38.5 Å². The summed E-state index contributed by atoms with van der Waals surface area (Å²) in [4.78, 5) is 13.2. The van der Waals surface area contributed by atoms with Crippen LogP contribution in [0.3, 0.4) is 0 Å². The van der Waals surface area contributed by atoms with Crippen molar-refractivity contribution < 1.29 is 14.6 Å². The van der Waals surface area contributed by atoms with Gasteiger partial charge in [-0.25, -0.2) is 0 Å². The Hall–Kier alpha value is -0.610. The van der Waals surface area contributed by atoms with Crippen LogP contribution < -0.4 is 0 Å². The molecule has 0 spiro atoms. The van der Waals surface area contributed by atoms with Crippen LogP contribution in [0.2, 0.25) is 0 Å². The molecule has 1 unspecified atom stereocenters. The zero-order chi connectivity index (χ0) is 12.0. The summed E-state index contributed by atoms with van der Waals surface area (Å²) in [6.45, 7) is 0.555. The predicted molar refractivity (Wildman–Crippen MR) is 62.1 cm³/mol. The number of aliphatic hydroxyl groups excluding tert-OH is 1. The fourth-order valence-electron chi connectivity index (χ4n) is 2.34. The number of aliphatic hydroxyl groups is 1. The molecule has 0 bridgehead atoms. The van der Waals surface area contributed by atoms with E-state index in [2.05, 4.69) is 9.64 Å². The van der Waals surface area contributed by atoms with Crippen molar-refractivity contribution in [1.82, 2.24) is 4.90 Å². The zero-order valence-corrected chi connectivity index (χ0v) is 10.3. The van der Waals surface area contributed by atoms with E-state index in [0.717, 1.165) is 0 Å². The number of esters is 1. The average molecular weight is 229 g/mol. The van der Waals surface area contributed by atoms with Gasteiger partial charge in [0.15, 0.2) is 0 Å². The molecule has 0 saturated heterocycles. The second-order valence-electron chi connectivity index (χ2n) is 4.67. The van der Waals surface area contributed by atoms with Crippen LogP contribution in [-0.4, -0.2) is 48.8 Å². The smallest absolute Gasteiger partial charge is 0.308 e. The summed E-state index contributed by atoms with van der Waals surface area (Å²) in [6.07, 6.45) is 5.79. The van der Waals surface area contributed by atoms with E-state index in [-0.39, 0.29) is 12.4 Å². The quantitative estimate of drug-likeness (QED) is 0.719. The molecule has 1 aliphatic carbocycles. The molecule has 0 aromatic carbocycles. The molecule has 0 amide bonds. The molecule has 0 aliphatic heterocycles. The Bertz CT molecular complexity index is 214. The van der Waals surface area contributed by atoms with Crippen molar-refractivity contribution in [3.8, 4) is 0 Å². The molecular weight excluding hydrogens is 206 g/mol. The molecule has 0 aromatic heterocycles. The first-order chi connectivity index (χ1) is 7.63. The summed E-state index contributed by atoms with van der Waals surface area (Å²) >= 11 is 0. The highest BCUT2D eigenvalue weighted by Gasteiger charge is 2.21. The number of nitrogens with zero attached hydrogens (tertiary/aromatic N) is 1. The van der Waals surface area contributed by atoms with E-state index >= 15 is 0 Å². The van der Waals surface area contributed by atoms with E-state index in [1.54, 1.807) is 0 Å². The molecule has 1 fully saturated rings. The lowest BCUT2D eigenvalue weighted by atomic mass is 9.94. The van der Waals surface area contributed by atoms with Crippen molar-refractivity contribution in [2.24, 2.45) is 0 Å². The van der Waals surface area contributed by atoms with Gasteiger partial charge in [-0.3, -0.25) is 4.79 Å². The van der Waals surface area contributed by atoms with E-state index in [1.807, 2.05) is 7.05 Å². The van der Waals surface area contributed by atoms with Crippen LogP contribution in [0.25, 0.3) is 0 Å². The standard InChI is InChI=1S/C12H23NO3/c1-13(10-6-4-3-5-7-10)9-11(14)8-12(15)16-2/h10-11,14H,3-9H2,1-2H3. The number of carbonyl (C=O) groups is 1. The monoisotopic (exact) mass is 229 g/mol. The molecular formula is C12H23NO3. The number of methoxy groups -OCH3 is 1. The van der Waals surface area contributed by atoms with Crippen LogP contribution >= 0.6 is 0 Å². The van der Waals surface area contributed by atoms with Gasteiger partial charge in [-0.05, 0) is 19.9 Å². The lowest BCUT2D eigenvalue weighted by Crippen LogP contribution is -2.39. The third-order valence-corrected chi connectivity index (χ3v) is 3.33. The number of hydrogen-bond acceptors (Lipinski definition) is 4. The van der Waals surface area contributed by atoms with Gasteiger partial charge in [-0.15, -0.1) is 0 Å². The maximum Gasteiger partial charge on any atom is 0.308 e. The molecule has 1 saturated carbocycles. The number of rotatable bonds is 5. The van der Waals surface area contributed by atoms with Crippen LogP contribution in [0, 0.1) is 0 Å². The van der Waals surface area contributed by atoms with Crippen molar-refractivity contribution in [2.45, 2.75) is 50.7 Å². The van der Waals surface area contributed by atoms with Gasteiger partial charge in [0.05, 0.1) is 19.6 Å². The molecule has 0 radical (unpaired) electrons. The third kappa shape index (κ3) is 4.49. The summed E-state index contributed by atoms with van der Waals surface area (Å²) in [5.41, 5.74) is 0. The molecule has 0 heterocycles. The highest BCUT2D eigenvalue weighted by Crippen LogP contribution is 2.21. The van der Waals surface area contributed by atoms with Gasteiger partial charge < -0.3 is 14.7 Å². The Kier molecular flexibility index (Phi) is 5.77. The first-order valence-electron chi connectivity index (χ1n) is 6.08. The van der Waals surface area contributed by atoms with Crippen molar-refractivity contribution in [2.75, 3.05) is 20.7 Å². The van der Waals surface area contributed by atoms with Gasteiger partial charge in [0, 0.05) is 12.6 Å². The Morgan fingerprint density at radius 2 is 2.06 bits per heavy atom. The highest BCUT2D eigenvalue weighted by molar-refractivity contribution is 5.69. The molecule has 1 aliphatic rings. The largest absolute Gasteiger partial charge is 0.469 e. The summed E-state index contributed by atoms with van der Waals surface area (Å²) < 4.78 is 4.53. The second kappa shape index (κ2) is 6.86. The maximum absolute atomic E-state index is 11.0. The molecule has 94 valence electrons. The van der Waals surface area contributed by atoms with E-state index in [4.69, 9.17) is 0 Å². The summed E-state index contributed by atoms with van der Waals surface area (Å²) in [6, 6.07) is 0.570. The van der Waals surface area contributed by atoms with Crippen LogP contribution in [0.4, 0.5) is 0 Å². The normalized spacial score (nSPS) is 19.8. The molecule has 16 heavy (non-hydrogen) atoms. The highest BCUT2D eigenvalue weighted by atomic mass is 16.5. The van der Waals surface area contributed by atoms with Crippen LogP contribution in [-0.2, 0) is 9.53 Å². The SMILES string of the molecule is COC(=O)CC(O)CN(C)C1CCCCC1. The number of carbonyl (C=O) groups excluding carboxylic acids is 1. The molecule has 1 atom stereocenters. The third-order valence-electron chi connectivity index (χ3n) is 3.33. The number of ether oxygens (including phenoxy) is 1. The average Bonchev–Trinajstić information content (AvgIpc) is 2.29. The van der Waals surface area contributed by atoms with Gasteiger partial charge >= 0.3 is 5.97 Å². The molecule has 1 rings (SSSR count). The predicted octanol–water partition coefficient (Wildman–Crippen LogP) is 1.17. The Labute approximate surface area is 97.6 Å². The van der Waals surface area contributed by atoms with Crippen molar-refractivity contribution in [3.05, 3.63) is 0 Å². The van der Waals surface area contributed by atoms with E-state index in [0.29, 0.717) is 12.6 Å². The van der Waals surface area contributed by atoms with Gasteiger partial charge in [-0.2, -0.15) is 0 Å². The van der Waals surface area contributed by atoms with E-state index in [9.17, 15) is 9.90 Å². The maximum atomic E-state index is 11.0. The van der Waals surface area contributed by atoms with Crippen molar-refractivity contribution >= 4 is 5.97 Å². The van der Waals surface area contributed by atoms with Gasteiger partial charge in [0.25, 0.3) is 0 Å². The van der Waals surface area contributed by atoms with Crippen molar-refractivity contribution in [1.29, 1.82) is 0 Å². The fraction of sp³-hybridized carbons (Fsp3) is 0.917. The van der Waals surface area contributed by atoms with Gasteiger partial charge in [0.1, 0.15) is 0 Å². The van der Waals surface area contributed by atoms with Gasteiger partial charge in [-0.1, -0.05) is 19.3 Å². The Morgan fingerprint density at radius 1 is 1.44 bits per heavy atom. The molecule has 1 N–H and O–H groups in total.